The largest absolute Gasteiger partial charge is 0.494 e. The van der Waals surface area contributed by atoms with Gasteiger partial charge in [-0.2, -0.15) is 0 Å². The Morgan fingerprint density at radius 3 is 2.71 bits per heavy atom. The second kappa shape index (κ2) is 4.99. The van der Waals surface area contributed by atoms with E-state index in [0.29, 0.717) is 6.61 Å². The number of hydrogen-bond acceptors (Lipinski definition) is 1. The van der Waals surface area contributed by atoms with Gasteiger partial charge in [-0.05, 0) is 37.1 Å². The van der Waals surface area contributed by atoms with Crippen molar-refractivity contribution in [3.8, 4) is 5.75 Å². The van der Waals surface area contributed by atoms with Gasteiger partial charge in [-0.3, -0.25) is 4.39 Å². The van der Waals surface area contributed by atoms with Crippen LogP contribution >= 0.6 is 0 Å². The zero-order chi connectivity index (χ0) is 10.6. The zero-order valence-electron chi connectivity index (χ0n) is 9.01. The third-order valence-corrected chi connectivity index (χ3v) is 2.32. The standard InChI is InChI=1S/C12H17FO/c1-4-14-11-6-5-9(2)12(7-11)10(3)8-13/h5-7,10H,4,8H2,1-3H3. The predicted molar refractivity (Wildman–Crippen MR) is 56.7 cm³/mol. The van der Waals surface area contributed by atoms with E-state index in [1.165, 1.54) is 0 Å². The van der Waals surface area contributed by atoms with Gasteiger partial charge in [0, 0.05) is 5.92 Å². The number of alkyl halides is 1. The third-order valence-electron chi connectivity index (χ3n) is 2.32. The summed E-state index contributed by atoms with van der Waals surface area (Å²) >= 11 is 0. The first-order chi connectivity index (χ1) is 6.69. The van der Waals surface area contributed by atoms with Crippen molar-refractivity contribution in [3.63, 3.8) is 0 Å². The fraction of sp³-hybridized carbons (Fsp3) is 0.500. The first kappa shape index (κ1) is 11.0. The minimum absolute atomic E-state index is 0.0459. The first-order valence-corrected chi connectivity index (χ1v) is 4.98. The quantitative estimate of drug-likeness (QED) is 0.716. The van der Waals surface area contributed by atoms with Gasteiger partial charge >= 0.3 is 0 Å². The monoisotopic (exact) mass is 196 g/mol. The molecule has 0 saturated carbocycles. The summed E-state index contributed by atoms with van der Waals surface area (Å²) in [6.07, 6.45) is 0. The molecule has 0 N–H and O–H groups in total. The summed E-state index contributed by atoms with van der Waals surface area (Å²) in [5.74, 6) is 0.781. The maximum absolute atomic E-state index is 12.5. The van der Waals surface area contributed by atoms with Crippen LogP contribution in [0.5, 0.6) is 5.75 Å². The Hall–Kier alpha value is -1.05. The molecule has 78 valence electrons. The van der Waals surface area contributed by atoms with Crippen LogP contribution in [0.1, 0.15) is 30.9 Å². The lowest BCUT2D eigenvalue weighted by atomic mass is 9.97. The number of aryl methyl sites for hydroxylation is 1. The lowest BCUT2D eigenvalue weighted by molar-refractivity contribution is 0.339. The molecule has 1 aromatic carbocycles. The molecule has 0 radical (unpaired) electrons. The second-order valence-corrected chi connectivity index (χ2v) is 3.51. The molecule has 0 amide bonds. The minimum atomic E-state index is -0.323. The molecule has 0 aliphatic rings. The molecule has 0 spiro atoms. The molecular formula is C12H17FO. The van der Waals surface area contributed by atoms with Crippen molar-refractivity contribution >= 4 is 0 Å². The van der Waals surface area contributed by atoms with E-state index in [9.17, 15) is 4.39 Å². The number of hydrogen-bond donors (Lipinski definition) is 0. The number of benzene rings is 1. The molecule has 0 aliphatic carbocycles. The zero-order valence-corrected chi connectivity index (χ0v) is 9.01. The molecule has 0 fully saturated rings. The SMILES string of the molecule is CCOc1ccc(C)c(C(C)CF)c1. The Morgan fingerprint density at radius 1 is 1.43 bits per heavy atom. The molecule has 14 heavy (non-hydrogen) atoms. The molecule has 0 saturated heterocycles. The van der Waals surface area contributed by atoms with E-state index in [2.05, 4.69) is 0 Å². The van der Waals surface area contributed by atoms with Crippen LogP contribution in [-0.2, 0) is 0 Å². The maximum atomic E-state index is 12.5. The van der Waals surface area contributed by atoms with Crippen LogP contribution in [0.25, 0.3) is 0 Å². The highest BCUT2D eigenvalue weighted by atomic mass is 19.1. The van der Waals surface area contributed by atoms with Crippen LogP contribution < -0.4 is 4.74 Å². The molecular weight excluding hydrogens is 179 g/mol. The molecule has 0 aromatic heterocycles. The average Bonchev–Trinajstić information content (AvgIpc) is 2.20. The average molecular weight is 196 g/mol. The van der Waals surface area contributed by atoms with E-state index in [-0.39, 0.29) is 12.6 Å². The highest BCUT2D eigenvalue weighted by Gasteiger charge is 2.09. The van der Waals surface area contributed by atoms with Crippen molar-refractivity contribution in [3.05, 3.63) is 29.3 Å². The number of ether oxygens (including phenoxy) is 1. The van der Waals surface area contributed by atoms with Gasteiger partial charge < -0.3 is 4.74 Å². The maximum Gasteiger partial charge on any atom is 0.119 e. The smallest absolute Gasteiger partial charge is 0.119 e. The Balaban J connectivity index is 2.95. The van der Waals surface area contributed by atoms with E-state index >= 15 is 0 Å². The van der Waals surface area contributed by atoms with Gasteiger partial charge in [-0.15, -0.1) is 0 Å². The Kier molecular flexibility index (Phi) is 3.93. The van der Waals surface area contributed by atoms with Crippen LogP contribution in [0.2, 0.25) is 0 Å². The van der Waals surface area contributed by atoms with Crippen molar-refractivity contribution in [2.45, 2.75) is 26.7 Å². The Labute approximate surface area is 84.9 Å². The van der Waals surface area contributed by atoms with Crippen molar-refractivity contribution in [2.75, 3.05) is 13.3 Å². The molecule has 1 unspecified atom stereocenters. The van der Waals surface area contributed by atoms with E-state index in [1.54, 1.807) is 0 Å². The highest BCUT2D eigenvalue weighted by molar-refractivity contribution is 5.37. The van der Waals surface area contributed by atoms with E-state index in [1.807, 2.05) is 39.0 Å². The normalized spacial score (nSPS) is 12.6. The van der Waals surface area contributed by atoms with Crippen LogP contribution in [0, 0.1) is 6.92 Å². The van der Waals surface area contributed by atoms with Crippen molar-refractivity contribution in [2.24, 2.45) is 0 Å². The van der Waals surface area contributed by atoms with E-state index in [0.717, 1.165) is 16.9 Å². The topological polar surface area (TPSA) is 9.23 Å². The summed E-state index contributed by atoms with van der Waals surface area (Å²) < 4.78 is 17.9. The van der Waals surface area contributed by atoms with Crippen LogP contribution in [0.3, 0.4) is 0 Å². The number of rotatable bonds is 4. The minimum Gasteiger partial charge on any atom is -0.494 e. The third kappa shape index (κ3) is 2.47. The van der Waals surface area contributed by atoms with Gasteiger partial charge in [-0.1, -0.05) is 13.0 Å². The molecule has 1 aromatic rings. The second-order valence-electron chi connectivity index (χ2n) is 3.51. The Morgan fingerprint density at radius 2 is 2.14 bits per heavy atom. The molecule has 1 nitrogen and oxygen atoms in total. The van der Waals surface area contributed by atoms with Crippen LogP contribution in [0.15, 0.2) is 18.2 Å². The lowest BCUT2D eigenvalue weighted by Gasteiger charge is -2.13. The summed E-state index contributed by atoms with van der Waals surface area (Å²) in [7, 11) is 0. The summed E-state index contributed by atoms with van der Waals surface area (Å²) in [6.45, 7) is 6.15. The van der Waals surface area contributed by atoms with Crippen LogP contribution in [-0.4, -0.2) is 13.3 Å². The summed E-state index contributed by atoms with van der Waals surface area (Å²) in [5, 5.41) is 0. The lowest BCUT2D eigenvalue weighted by Crippen LogP contribution is -2.00. The molecule has 1 rings (SSSR count). The fourth-order valence-electron chi connectivity index (χ4n) is 1.49. The molecule has 2 heteroatoms. The van der Waals surface area contributed by atoms with Gasteiger partial charge in [0.25, 0.3) is 0 Å². The molecule has 0 aliphatic heterocycles. The van der Waals surface area contributed by atoms with Gasteiger partial charge in [0.2, 0.25) is 0 Å². The van der Waals surface area contributed by atoms with E-state index in [4.69, 9.17) is 4.74 Å². The summed E-state index contributed by atoms with van der Waals surface area (Å²) in [6, 6.07) is 5.84. The predicted octanol–water partition coefficient (Wildman–Crippen LogP) is 3.47. The summed E-state index contributed by atoms with van der Waals surface area (Å²) in [5.41, 5.74) is 2.16. The molecule has 1 atom stereocenters. The van der Waals surface area contributed by atoms with Gasteiger partial charge in [0.05, 0.1) is 13.3 Å². The fourth-order valence-corrected chi connectivity index (χ4v) is 1.49. The molecule has 0 bridgehead atoms. The van der Waals surface area contributed by atoms with Gasteiger partial charge in [-0.25, -0.2) is 0 Å². The van der Waals surface area contributed by atoms with Crippen molar-refractivity contribution in [1.82, 2.24) is 0 Å². The summed E-state index contributed by atoms with van der Waals surface area (Å²) in [4.78, 5) is 0. The Bertz CT molecular complexity index is 296. The number of halogens is 1. The highest BCUT2D eigenvalue weighted by Crippen LogP contribution is 2.24. The van der Waals surface area contributed by atoms with Crippen molar-refractivity contribution < 1.29 is 9.13 Å². The van der Waals surface area contributed by atoms with Gasteiger partial charge in [0.1, 0.15) is 5.75 Å². The molecule has 0 heterocycles. The van der Waals surface area contributed by atoms with Crippen LogP contribution in [0.4, 0.5) is 4.39 Å². The van der Waals surface area contributed by atoms with Crippen molar-refractivity contribution in [1.29, 1.82) is 0 Å². The first-order valence-electron chi connectivity index (χ1n) is 4.98. The van der Waals surface area contributed by atoms with Gasteiger partial charge in [0.15, 0.2) is 0 Å². The van der Waals surface area contributed by atoms with E-state index < -0.39 is 0 Å².